The molecule has 9 heteroatoms. The van der Waals surface area contributed by atoms with E-state index in [-0.39, 0.29) is 54.9 Å². The number of carboxylic acids is 1. The van der Waals surface area contributed by atoms with Gasteiger partial charge in [-0.2, -0.15) is 0 Å². The van der Waals surface area contributed by atoms with Gasteiger partial charge in [0, 0.05) is 25.7 Å². The highest BCUT2D eigenvalue weighted by atomic mass is 16.6. The lowest BCUT2D eigenvalue weighted by Gasteiger charge is -2.28. The Kier molecular flexibility index (Phi) is 13.5. The van der Waals surface area contributed by atoms with E-state index in [0.29, 0.717) is 12.0 Å². The average molecular weight is 536 g/mol. The van der Waals surface area contributed by atoms with Gasteiger partial charge in [-0.15, -0.1) is 0 Å². The maximum absolute atomic E-state index is 12.5. The predicted molar refractivity (Wildman–Crippen MR) is 144 cm³/mol. The molecule has 0 fully saturated rings. The lowest BCUT2D eigenvalue weighted by molar-refractivity contribution is -0.156. The maximum Gasteiger partial charge on any atom is 0.324 e. The third-order valence-electron chi connectivity index (χ3n) is 6.81. The maximum atomic E-state index is 12.5. The predicted octanol–water partition coefficient (Wildman–Crippen LogP) is 5.06. The molecule has 0 saturated carbocycles. The number of aliphatic carboxylic acids is 1. The molecule has 1 aromatic rings. The first kappa shape index (κ1) is 33.1. The van der Waals surface area contributed by atoms with Crippen LogP contribution in [0.3, 0.4) is 0 Å². The summed E-state index contributed by atoms with van der Waals surface area (Å²) in [7, 11) is 0. The average Bonchev–Trinajstić information content (AvgIpc) is 2.84. The smallest absolute Gasteiger partial charge is 0.324 e. The topological polar surface area (TPSA) is 142 Å². The first-order chi connectivity index (χ1) is 17.7. The van der Waals surface area contributed by atoms with Crippen LogP contribution in [-0.4, -0.2) is 40.6 Å². The normalized spacial score (nSPS) is 15.9. The molecule has 0 bridgehead atoms. The summed E-state index contributed by atoms with van der Waals surface area (Å²) in [6.45, 7) is 13.0. The zero-order valence-corrected chi connectivity index (χ0v) is 23.9. The Morgan fingerprint density at radius 2 is 1.39 bits per heavy atom. The number of esters is 3. The van der Waals surface area contributed by atoms with Crippen LogP contribution in [0.2, 0.25) is 0 Å². The van der Waals surface area contributed by atoms with E-state index in [1.54, 1.807) is 19.9 Å². The molecule has 3 N–H and O–H groups in total. The quantitative estimate of drug-likeness (QED) is 0.219. The van der Waals surface area contributed by atoms with Gasteiger partial charge in [0.15, 0.2) is 11.5 Å². The highest BCUT2D eigenvalue weighted by Crippen LogP contribution is 2.32. The van der Waals surface area contributed by atoms with Crippen molar-refractivity contribution in [3.63, 3.8) is 0 Å². The van der Waals surface area contributed by atoms with Gasteiger partial charge in [-0.1, -0.05) is 60.5 Å². The van der Waals surface area contributed by atoms with E-state index < -0.39 is 35.5 Å². The molecule has 0 heterocycles. The Hall–Kier alpha value is -2.94. The first-order valence-electron chi connectivity index (χ1n) is 13.5. The summed E-state index contributed by atoms with van der Waals surface area (Å²) in [6.07, 6.45) is 1.59. The van der Waals surface area contributed by atoms with Crippen molar-refractivity contribution in [1.82, 2.24) is 0 Å². The molecule has 0 amide bonds. The van der Waals surface area contributed by atoms with Gasteiger partial charge in [0.2, 0.25) is 0 Å². The van der Waals surface area contributed by atoms with Crippen LogP contribution in [0.1, 0.15) is 92.6 Å². The minimum absolute atomic E-state index is 0.0253. The van der Waals surface area contributed by atoms with Gasteiger partial charge in [0.1, 0.15) is 11.6 Å². The molecule has 0 aliphatic rings. The van der Waals surface area contributed by atoms with Crippen molar-refractivity contribution < 1.29 is 38.5 Å². The second kappa shape index (κ2) is 15.5. The van der Waals surface area contributed by atoms with Gasteiger partial charge < -0.3 is 25.1 Å². The Morgan fingerprint density at radius 3 is 1.87 bits per heavy atom. The molecule has 1 rings (SSSR count). The van der Waals surface area contributed by atoms with Crippen LogP contribution in [0.5, 0.6) is 11.5 Å². The molecular weight excluding hydrogens is 490 g/mol. The third-order valence-corrected chi connectivity index (χ3v) is 6.81. The lowest BCUT2D eigenvalue weighted by atomic mass is 9.86. The zero-order chi connectivity index (χ0) is 29.0. The molecule has 9 nitrogen and oxygen atoms in total. The van der Waals surface area contributed by atoms with Crippen LogP contribution in [0.25, 0.3) is 0 Å². The number of benzene rings is 1. The second-order valence-corrected chi connectivity index (χ2v) is 10.6. The second-order valence-electron chi connectivity index (χ2n) is 10.6. The van der Waals surface area contributed by atoms with Crippen LogP contribution < -0.4 is 15.2 Å². The Labute approximate surface area is 226 Å². The number of nitrogens with two attached hydrogens (primary N) is 1. The van der Waals surface area contributed by atoms with E-state index in [2.05, 4.69) is 0 Å². The fourth-order valence-corrected chi connectivity index (χ4v) is 3.65. The van der Waals surface area contributed by atoms with E-state index in [4.69, 9.17) is 19.9 Å². The third kappa shape index (κ3) is 10.8. The fraction of sp³-hybridized carbons (Fsp3) is 0.655. The molecule has 0 radical (unpaired) electrons. The molecule has 0 aliphatic heterocycles. The summed E-state index contributed by atoms with van der Waals surface area (Å²) in [5.74, 6) is -2.59. The summed E-state index contributed by atoms with van der Waals surface area (Å²) in [5, 5.41) is 9.93. The Morgan fingerprint density at radius 1 is 0.868 bits per heavy atom. The molecule has 0 aromatic heterocycles. The lowest BCUT2D eigenvalue weighted by Crippen LogP contribution is -2.52. The number of hydrogen-bond donors (Lipinski definition) is 2. The molecule has 0 saturated heterocycles. The van der Waals surface area contributed by atoms with Gasteiger partial charge in [-0.25, -0.2) is 0 Å². The molecular formula is C29H45NO8. The van der Waals surface area contributed by atoms with Crippen molar-refractivity contribution in [2.24, 2.45) is 23.5 Å². The molecule has 4 unspecified atom stereocenters. The van der Waals surface area contributed by atoms with Crippen molar-refractivity contribution in [1.29, 1.82) is 0 Å². The van der Waals surface area contributed by atoms with Crippen molar-refractivity contribution >= 4 is 23.9 Å². The minimum Gasteiger partial charge on any atom is -0.480 e. The van der Waals surface area contributed by atoms with Crippen LogP contribution >= 0.6 is 0 Å². The largest absolute Gasteiger partial charge is 0.480 e. The number of carbonyl (C=O) groups is 4. The fourth-order valence-electron chi connectivity index (χ4n) is 3.65. The van der Waals surface area contributed by atoms with E-state index in [0.717, 1.165) is 12.8 Å². The van der Waals surface area contributed by atoms with Crippen molar-refractivity contribution in [2.45, 2.75) is 105 Å². The van der Waals surface area contributed by atoms with Gasteiger partial charge in [0.05, 0.1) is 5.92 Å². The number of ether oxygens (including phenoxy) is 3. The van der Waals surface area contributed by atoms with Gasteiger partial charge in [0.25, 0.3) is 0 Å². The molecule has 214 valence electrons. The zero-order valence-electron chi connectivity index (χ0n) is 23.9. The van der Waals surface area contributed by atoms with E-state index in [1.807, 2.05) is 34.6 Å². The van der Waals surface area contributed by atoms with E-state index in [9.17, 15) is 24.3 Å². The molecule has 38 heavy (non-hydrogen) atoms. The van der Waals surface area contributed by atoms with Crippen molar-refractivity contribution in [3.05, 3.63) is 23.8 Å². The first-order valence-corrected chi connectivity index (χ1v) is 13.5. The van der Waals surface area contributed by atoms with Gasteiger partial charge in [-0.3, -0.25) is 19.2 Å². The summed E-state index contributed by atoms with van der Waals surface area (Å²) >= 11 is 0. The van der Waals surface area contributed by atoms with Gasteiger partial charge >= 0.3 is 23.9 Å². The van der Waals surface area contributed by atoms with Crippen LogP contribution in [-0.2, 0) is 30.3 Å². The molecule has 0 aliphatic carbocycles. The highest BCUT2D eigenvalue weighted by molar-refractivity contribution is 5.80. The van der Waals surface area contributed by atoms with Crippen molar-refractivity contribution in [3.8, 4) is 11.5 Å². The number of rotatable bonds is 16. The van der Waals surface area contributed by atoms with Crippen LogP contribution in [0.15, 0.2) is 18.2 Å². The summed E-state index contributed by atoms with van der Waals surface area (Å²) in [6, 6.07) is 4.53. The summed E-state index contributed by atoms with van der Waals surface area (Å²) in [5.41, 5.74) is 5.00. The molecule has 1 aromatic carbocycles. The van der Waals surface area contributed by atoms with Crippen molar-refractivity contribution in [2.75, 3.05) is 0 Å². The Balaban J connectivity index is 3.21. The van der Waals surface area contributed by atoms with Crippen LogP contribution in [0, 0.1) is 17.8 Å². The number of carbonyl (C=O) groups excluding carboxylic acids is 3. The molecule has 5 atom stereocenters. The Bertz CT molecular complexity index is 962. The SMILES string of the molecule is CCC(C)CC(=O)Oc1ccc(CC(N)(C[C@H](C)OC(=O)C(C)CC)C(=O)O)cc1OC(=O)CC(C)CC. The minimum atomic E-state index is -1.76. The van der Waals surface area contributed by atoms with E-state index >= 15 is 0 Å². The molecule has 0 spiro atoms. The monoisotopic (exact) mass is 535 g/mol. The summed E-state index contributed by atoms with van der Waals surface area (Å²) < 4.78 is 16.5. The van der Waals surface area contributed by atoms with Gasteiger partial charge in [-0.05, 0) is 42.9 Å². The summed E-state index contributed by atoms with van der Waals surface area (Å²) in [4.78, 5) is 49.3. The number of hydrogen-bond acceptors (Lipinski definition) is 8. The highest BCUT2D eigenvalue weighted by Gasteiger charge is 2.37. The standard InChI is InChI=1S/C29H45NO8/c1-8-18(4)13-25(31)37-23-12-11-22(15-24(23)38-26(32)14-19(5)9-2)17-29(30,28(34)35)16-21(7)36-27(33)20(6)10-3/h11-12,15,18-21H,8-10,13-14,16-17,30H2,1-7H3,(H,34,35)/t18?,19?,20?,21-,29?/m0/s1. The van der Waals surface area contributed by atoms with E-state index in [1.165, 1.54) is 12.1 Å². The van der Waals surface area contributed by atoms with Crippen LogP contribution in [0.4, 0.5) is 0 Å². The number of carboxylic acid groups (broad SMARTS) is 1.